The predicted octanol–water partition coefficient (Wildman–Crippen LogP) is 2.89. The van der Waals surface area contributed by atoms with Gasteiger partial charge in [0.2, 0.25) is 0 Å². The zero-order chi connectivity index (χ0) is 18.0. The first-order valence-electron chi connectivity index (χ1n) is 8.40. The van der Waals surface area contributed by atoms with Gasteiger partial charge in [0.05, 0.1) is 6.54 Å². The number of pyridine rings is 1. The molecule has 2 N–H and O–H groups in total. The van der Waals surface area contributed by atoms with Crippen molar-refractivity contribution >= 4 is 11.9 Å². The zero-order valence-corrected chi connectivity index (χ0v) is 14.1. The van der Waals surface area contributed by atoms with Gasteiger partial charge in [-0.2, -0.15) is 0 Å². The first-order valence-corrected chi connectivity index (χ1v) is 8.40. The SMILES string of the molecule is N=C1NC(c2ccccc2)(c2ccccc2)C(=O)N1Cc1cccnc1. The fourth-order valence-corrected chi connectivity index (χ4v) is 3.36. The van der Waals surface area contributed by atoms with Crippen LogP contribution in [0.1, 0.15) is 16.7 Å². The van der Waals surface area contributed by atoms with Gasteiger partial charge in [-0.1, -0.05) is 66.7 Å². The summed E-state index contributed by atoms with van der Waals surface area (Å²) in [6, 6.07) is 22.8. The van der Waals surface area contributed by atoms with Crippen LogP contribution < -0.4 is 5.32 Å². The maximum atomic E-state index is 13.5. The molecule has 26 heavy (non-hydrogen) atoms. The first kappa shape index (κ1) is 16.0. The largest absolute Gasteiger partial charge is 0.334 e. The average Bonchev–Trinajstić information content (AvgIpc) is 2.96. The van der Waals surface area contributed by atoms with E-state index >= 15 is 0 Å². The fraction of sp³-hybridized carbons (Fsp3) is 0.0952. The van der Waals surface area contributed by atoms with Crippen LogP contribution in [-0.4, -0.2) is 21.8 Å². The third kappa shape index (κ3) is 2.54. The summed E-state index contributed by atoms with van der Waals surface area (Å²) < 4.78 is 0. The van der Waals surface area contributed by atoms with Crippen LogP contribution in [0.2, 0.25) is 0 Å². The van der Waals surface area contributed by atoms with Crippen molar-refractivity contribution in [2.45, 2.75) is 12.1 Å². The Morgan fingerprint density at radius 2 is 1.54 bits per heavy atom. The van der Waals surface area contributed by atoms with Crippen molar-refractivity contribution in [2.75, 3.05) is 0 Å². The summed E-state index contributed by atoms with van der Waals surface area (Å²) in [6.07, 6.45) is 3.41. The minimum absolute atomic E-state index is 0.0894. The van der Waals surface area contributed by atoms with E-state index in [4.69, 9.17) is 5.41 Å². The van der Waals surface area contributed by atoms with Gasteiger partial charge in [0.1, 0.15) is 0 Å². The molecule has 1 saturated heterocycles. The Balaban J connectivity index is 1.80. The van der Waals surface area contributed by atoms with Gasteiger partial charge in [-0.25, -0.2) is 0 Å². The molecule has 4 rings (SSSR count). The lowest BCUT2D eigenvalue weighted by molar-refractivity contribution is -0.130. The number of nitrogens with one attached hydrogen (secondary N) is 2. The normalized spacial score (nSPS) is 15.8. The standard InChI is InChI=1S/C21H18N4O/c22-20-24-21(17-9-3-1-4-10-17,18-11-5-2-6-12-18)19(26)25(20)15-16-8-7-13-23-14-16/h1-14H,15H2,(H2,22,24). The monoisotopic (exact) mass is 342 g/mol. The lowest BCUT2D eigenvalue weighted by Gasteiger charge is -2.28. The van der Waals surface area contributed by atoms with Crippen molar-refractivity contribution in [1.29, 1.82) is 5.41 Å². The lowest BCUT2D eigenvalue weighted by Crippen LogP contribution is -2.45. The van der Waals surface area contributed by atoms with Crippen molar-refractivity contribution in [1.82, 2.24) is 15.2 Å². The maximum Gasteiger partial charge on any atom is 0.264 e. The van der Waals surface area contributed by atoms with Gasteiger partial charge in [0.25, 0.3) is 5.91 Å². The number of nitrogens with zero attached hydrogens (tertiary/aromatic N) is 2. The summed E-state index contributed by atoms with van der Waals surface area (Å²) in [4.78, 5) is 19.1. The smallest absolute Gasteiger partial charge is 0.264 e. The molecule has 128 valence electrons. The first-order chi connectivity index (χ1) is 12.7. The van der Waals surface area contributed by atoms with Gasteiger partial charge in [0.15, 0.2) is 11.5 Å². The predicted molar refractivity (Wildman–Crippen MR) is 99.3 cm³/mol. The van der Waals surface area contributed by atoms with Crippen LogP contribution >= 0.6 is 0 Å². The molecule has 2 aromatic carbocycles. The molecule has 0 spiro atoms. The minimum Gasteiger partial charge on any atom is -0.334 e. The van der Waals surface area contributed by atoms with Crippen LogP contribution in [-0.2, 0) is 16.9 Å². The molecule has 5 heteroatoms. The van der Waals surface area contributed by atoms with Crippen molar-refractivity contribution in [3.8, 4) is 0 Å². The fourth-order valence-electron chi connectivity index (χ4n) is 3.36. The van der Waals surface area contributed by atoms with Crippen LogP contribution in [0.4, 0.5) is 0 Å². The van der Waals surface area contributed by atoms with Gasteiger partial charge in [0, 0.05) is 12.4 Å². The summed E-state index contributed by atoms with van der Waals surface area (Å²) >= 11 is 0. The molecule has 1 aliphatic rings. The number of carbonyl (C=O) groups is 1. The molecule has 3 aromatic rings. The van der Waals surface area contributed by atoms with E-state index in [9.17, 15) is 4.79 Å². The molecule has 2 heterocycles. The molecule has 0 saturated carbocycles. The number of benzene rings is 2. The number of hydrogen-bond acceptors (Lipinski definition) is 3. The maximum absolute atomic E-state index is 13.5. The molecule has 1 amide bonds. The van der Waals surface area contributed by atoms with Crippen LogP contribution in [0.15, 0.2) is 85.2 Å². The number of carbonyl (C=O) groups excluding carboxylic acids is 1. The highest BCUT2D eigenvalue weighted by Gasteiger charge is 2.52. The third-order valence-corrected chi connectivity index (χ3v) is 4.62. The topological polar surface area (TPSA) is 69.1 Å². The van der Waals surface area contributed by atoms with Crippen molar-refractivity contribution in [3.63, 3.8) is 0 Å². The molecule has 1 aliphatic heterocycles. The van der Waals surface area contributed by atoms with Crippen LogP contribution in [0.25, 0.3) is 0 Å². The van der Waals surface area contributed by atoms with Crippen molar-refractivity contribution < 1.29 is 4.79 Å². The highest BCUT2D eigenvalue weighted by Crippen LogP contribution is 2.36. The second kappa shape index (κ2) is 6.44. The van der Waals surface area contributed by atoms with Gasteiger partial charge < -0.3 is 5.32 Å². The van der Waals surface area contributed by atoms with E-state index in [-0.39, 0.29) is 11.9 Å². The second-order valence-electron chi connectivity index (χ2n) is 6.21. The molecule has 0 bridgehead atoms. The minimum atomic E-state index is -1.10. The Morgan fingerprint density at radius 1 is 0.923 bits per heavy atom. The number of aromatic nitrogens is 1. The van der Waals surface area contributed by atoms with E-state index in [0.29, 0.717) is 6.54 Å². The summed E-state index contributed by atoms with van der Waals surface area (Å²) in [5, 5.41) is 11.6. The molecule has 0 aliphatic carbocycles. The highest BCUT2D eigenvalue weighted by atomic mass is 16.2. The van der Waals surface area contributed by atoms with Gasteiger partial charge in [-0.3, -0.25) is 20.1 Å². The molecular weight excluding hydrogens is 324 g/mol. The quantitative estimate of drug-likeness (QED) is 0.766. The number of amides is 1. The van der Waals surface area contributed by atoms with Crippen LogP contribution in [0.3, 0.4) is 0 Å². The number of hydrogen-bond donors (Lipinski definition) is 2. The Labute approximate surface area is 151 Å². The Kier molecular flexibility index (Phi) is 3.97. The van der Waals surface area contributed by atoms with Crippen LogP contribution in [0, 0.1) is 5.41 Å². The molecule has 1 aromatic heterocycles. The van der Waals surface area contributed by atoms with Crippen LogP contribution in [0.5, 0.6) is 0 Å². The molecule has 0 unspecified atom stereocenters. The summed E-state index contributed by atoms with van der Waals surface area (Å²) in [6.45, 7) is 0.305. The molecule has 0 atom stereocenters. The van der Waals surface area contributed by atoms with Gasteiger partial charge in [-0.05, 0) is 22.8 Å². The number of guanidine groups is 1. The summed E-state index contributed by atoms with van der Waals surface area (Å²) in [7, 11) is 0. The Morgan fingerprint density at radius 3 is 2.08 bits per heavy atom. The molecule has 0 radical (unpaired) electrons. The molecular formula is C21H18N4O. The highest BCUT2D eigenvalue weighted by molar-refractivity contribution is 6.10. The van der Waals surface area contributed by atoms with Gasteiger partial charge >= 0.3 is 0 Å². The molecule has 1 fully saturated rings. The summed E-state index contributed by atoms with van der Waals surface area (Å²) in [5.41, 5.74) is 1.41. The van der Waals surface area contributed by atoms with E-state index in [0.717, 1.165) is 16.7 Å². The average molecular weight is 342 g/mol. The Bertz CT molecular complexity index is 886. The zero-order valence-electron chi connectivity index (χ0n) is 14.1. The van der Waals surface area contributed by atoms with E-state index < -0.39 is 5.54 Å². The lowest BCUT2D eigenvalue weighted by atomic mass is 9.82. The Hall–Kier alpha value is -3.47. The third-order valence-electron chi connectivity index (χ3n) is 4.62. The van der Waals surface area contributed by atoms with Crippen molar-refractivity contribution in [2.24, 2.45) is 0 Å². The van der Waals surface area contributed by atoms with E-state index in [1.807, 2.05) is 72.8 Å². The van der Waals surface area contributed by atoms with E-state index in [2.05, 4.69) is 10.3 Å². The van der Waals surface area contributed by atoms with Crippen molar-refractivity contribution in [3.05, 3.63) is 102 Å². The van der Waals surface area contributed by atoms with E-state index in [1.165, 1.54) is 4.90 Å². The second-order valence-corrected chi connectivity index (χ2v) is 6.21. The van der Waals surface area contributed by atoms with Gasteiger partial charge in [-0.15, -0.1) is 0 Å². The number of rotatable bonds is 4. The van der Waals surface area contributed by atoms with E-state index in [1.54, 1.807) is 12.4 Å². The molecule has 5 nitrogen and oxygen atoms in total. The summed E-state index contributed by atoms with van der Waals surface area (Å²) in [5.74, 6) is -0.0738.